The quantitative estimate of drug-likeness (QED) is 0.703. The van der Waals surface area contributed by atoms with E-state index in [0.29, 0.717) is 37.8 Å². The number of nitrogens with zero attached hydrogens (tertiary/aromatic N) is 4. The Bertz CT molecular complexity index is 921. The fraction of sp³-hybridized carbons (Fsp3) is 0.500. The number of rotatable bonds is 7. The number of hydrogen-bond acceptors (Lipinski definition) is 6. The number of likely N-dealkylation sites (tertiary alicyclic amines) is 1. The van der Waals surface area contributed by atoms with Crippen LogP contribution in [0.1, 0.15) is 40.8 Å². The normalized spacial score (nSPS) is 16.4. The lowest BCUT2D eigenvalue weighted by Crippen LogP contribution is -2.48. The van der Waals surface area contributed by atoms with E-state index in [0.717, 1.165) is 12.8 Å². The minimum atomic E-state index is -0.567. The highest BCUT2D eigenvalue weighted by atomic mass is 19.1. The molecule has 2 amide bonds. The molecule has 8 nitrogen and oxygen atoms in total. The van der Waals surface area contributed by atoms with E-state index in [2.05, 4.69) is 10.1 Å². The summed E-state index contributed by atoms with van der Waals surface area (Å²) in [6.07, 6.45) is 2.49. The van der Waals surface area contributed by atoms with Crippen molar-refractivity contribution in [2.45, 2.75) is 25.2 Å². The Morgan fingerprint density at radius 2 is 2.10 bits per heavy atom. The number of amides is 2. The summed E-state index contributed by atoms with van der Waals surface area (Å²) in [6.45, 7) is 1.43. The molecule has 1 saturated carbocycles. The highest BCUT2D eigenvalue weighted by Gasteiger charge is 2.36. The van der Waals surface area contributed by atoms with E-state index in [9.17, 15) is 14.0 Å². The second kappa shape index (κ2) is 7.81. The zero-order valence-corrected chi connectivity index (χ0v) is 16.4. The molecule has 29 heavy (non-hydrogen) atoms. The largest absolute Gasteiger partial charge is 0.494 e. The van der Waals surface area contributed by atoms with Crippen LogP contribution in [0.2, 0.25) is 0 Å². The highest BCUT2D eigenvalue weighted by Crippen LogP contribution is 2.31. The van der Waals surface area contributed by atoms with Gasteiger partial charge < -0.3 is 19.1 Å². The summed E-state index contributed by atoms with van der Waals surface area (Å²) in [5.41, 5.74) is 0.274. The predicted octanol–water partition coefficient (Wildman–Crippen LogP) is 1.87. The molecule has 4 rings (SSSR count). The first-order chi connectivity index (χ1) is 14.0. The van der Waals surface area contributed by atoms with Gasteiger partial charge in [-0.3, -0.25) is 9.59 Å². The monoisotopic (exact) mass is 402 g/mol. The highest BCUT2D eigenvalue weighted by molar-refractivity contribution is 5.95. The molecule has 1 aromatic heterocycles. The molecule has 0 unspecified atom stereocenters. The van der Waals surface area contributed by atoms with Crippen LogP contribution in [0.4, 0.5) is 4.39 Å². The summed E-state index contributed by atoms with van der Waals surface area (Å²) >= 11 is 0. The minimum Gasteiger partial charge on any atom is -0.494 e. The van der Waals surface area contributed by atoms with Crippen molar-refractivity contribution in [3.8, 4) is 5.75 Å². The number of benzene rings is 1. The smallest absolute Gasteiger partial charge is 0.254 e. The van der Waals surface area contributed by atoms with Crippen molar-refractivity contribution in [3.63, 3.8) is 0 Å². The SMILES string of the molecule is COc1ccc(C(=O)N2CC(c3nc(CCN(C)C(=O)C4CC4)no3)C2)cc1F. The second-order valence-electron chi connectivity index (χ2n) is 7.59. The maximum Gasteiger partial charge on any atom is 0.254 e. The molecular formula is C20H23FN4O4. The van der Waals surface area contributed by atoms with E-state index < -0.39 is 5.82 Å². The first-order valence-electron chi connectivity index (χ1n) is 9.66. The molecule has 1 aliphatic heterocycles. The van der Waals surface area contributed by atoms with E-state index in [1.807, 2.05) is 0 Å². The maximum absolute atomic E-state index is 13.8. The molecule has 0 atom stereocenters. The fourth-order valence-electron chi connectivity index (χ4n) is 3.34. The molecule has 1 saturated heterocycles. The van der Waals surface area contributed by atoms with Crippen LogP contribution in [-0.4, -0.2) is 65.5 Å². The average Bonchev–Trinajstić information content (AvgIpc) is 3.43. The van der Waals surface area contributed by atoms with Crippen molar-refractivity contribution in [2.24, 2.45) is 5.92 Å². The molecule has 2 aliphatic rings. The van der Waals surface area contributed by atoms with E-state index in [1.54, 1.807) is 22.9 Å². The zero-order valence-electron chi connectivity index (χ0n) is 16.4. The van der Waals surface area contributed by atoms with Crippen molar-refractivity contribution < 1.29 is 23.2 Å². The van der Waals surface area contributed by atoms with Gasteiger partial charge >= 0.3 is 0 Å². The van der Waals surface area contributed by atoms with Crippen LogP contribution in [0, 0.1) is 11.7 Å². The van der Waals surface area contributed by atoms with Crippen LogP contribution < -0.4 is 4.74 Å². The minimum absolute atomic E-state index is 0.0332. The van der Waals surface area contributed by atoms with E-state index in [1.165, 1.54) is 19.2 Å². The number of ether oxygens (including phenoxy) is 1. The molecule has 0 bridgehead atoms. The summed E-state index contributed by atoms with van der Waals surface area (Å²) < 4.78 is 24.0. The third-order valence-electron chi connectivity index (χ3n) is 5.37. The van der Waals surface area contributed by atoms with Gasteiger partial charge in [0.05, 0.1) is 13.0 Å². The molecule has 0 spiro atoms. The molecular weight excluding hydrogens is 379 g/mol. The van der Waals surface area contributed by atoms with E-state index >= 15 is 0 Å². The van der Waals surface area contributed by atoms with Gasteiger partial charge in [0.15, 0.2) is 17.4 Å². The Hall–Kier alpha value is -2.97. The van der Waals surface area contributed by atoms with Crippen molar-refractivity contribution >= 4 is 11.8 Å². The van der Waals surface area contributed by atoms with Gasteiger partial charge in [0.25, 0.3) is 5.91 Å². The number of likely N-dealkylation sites (N-methyl/N-ethyl adjacent to an activating group) is 1. The molecule has 154 valence electrons. The Labute approximate surface area is 167 Å². The first-order valence-corrected chi connectivity index (χ1v) is 9.66. The third kappa shape index (κ3) is 4.08. The number of carbonyl (C=O) groups excluding carboxylic acids is 2. The molecule has 1 aliphatic carbocycles. The van der Waals surface area contributed by atoms with Crippen molar-refractivity contribution in [1.29, 1.82) is 0 Å². The van der Waals surface area contributed by atoms with Crippen LogP contribution in [-0.2, 0) is 11.2 Å². The lowest BCUT2D eigenvalue weighted by Gasteiger charge is -2.37. The Kier molecular flexibility index (Phi) is 5.21. The van der Waals surface area contributed by atoms with Gasteiger partial charge in [-0.25, -0.2) is 4.39 Å². The standard InChI is InChI=1S/C20H23FN4O4/c1-24(19(26)12-3-4-12)8-7-17-22-18(29-23-17)14-10-25(11-14)20(27)13-5-6-16(28-2)15(21)9-13/h5-6,9,12,14H,3-4,7-8,10-11H2,1-2H3. The molecule has 1 aromatic carbocycles. The van der Waals surface area contributed by atoms with E-state index in [-0.39, 0.29) is 35.0 Å². The molecule has 2 aromatic rings. The number of hydrogen-bond donors (Lipinski definition) is 0. The van der Waals surface area contributed by atoms with Crippen LogP contribution in [0.3, 0.4) is 0 Å². The van der Waals surface area contributed by atoms with Gasteiger partial charge in [0.1, 0.15) is 0 Å². The number of halogens is 1. The fourth-order valence-corrected chi connectivity index (χ4v) is 3.34. The van der Waals surface area contributed by atoms with Crippen molar-refractivity contribution in [3.05, 3.63) is 41.3 Å². The zero-order chi connectivity index (χ0) is 20.5. The predicted molar refractivity (Wildman–Crippen MR) is 100.0 cm³/mol. The molecule has 2 fully saturated rings. The Morgan fingerprint density at radius 1 is 1.34 bits per heavy atom. The molecule has 0 radical (unpaired) electrons. The van der Waals surface area contributed by atoms with Crippen LogP contribution in [0.25, 0.3) is 0 Å². The molecule has 9 heteroatoms. The number of carbonyl (C=O) groups is 2. The van der Waals surface area contributed by atoms with Crippen LogP contribution in [0.15, 0.2) is 22.7 Å². The first kappa shape index (κ1) is 19.4. The van der Waals surface area contributed by atoms with Gasteiger partial charge in [-0.05, 0) is 31.0 Å². The van der Waals surface area contributed by atoms with Crippen LogP contribution in [0.5, 0.6) is 5.75 Å². The summed E-state index contributed by atoms with van der Waals surface area (Å²) in [7, 11) is 3.17. The maximum atomic E-state index is 13.8. The molecule has 2 heterocycles. The van der Waals surface area contributed by atoms with Gasteiger partial charge in [-0.15, -0.1) is 0 Å². The topological polar surface area (TPSA) is 88.8 Å². The van der Waals surface area contributed by atoms with E-state index in [4.69, 9.17) is 9.26 Å². The number of aromatic nitrogens is 2. The van der Waals surface area contributed by atoms with Gasteiger partial charge in [-0.1, -0.05) is 5.16 Å². The number of methoxy groups -OCH3 is 1. The van der Waals surface area contributed by atoms with Gasteiger partial charge in [0.2, 0.25) is 11.8 Å². The van der Waals surface area contributed by atoms with Crippen LogP contribution >= 0.6 is 0 Å². The van der Waals surface area contributed by atoms with Crippen molar-refractivity contribution in [1.82, 2.24) is 19.9 Å². The third-order valence-corrected chi connectivity index (χ3v) is 5.37. The summed E-state index contributed by atoms with van der Waals surface area (Å²) in [5.74, 6) is 0.666. The molecule has 0 N–H and O–H groups in total. The summed E-state index contributed by atoms with van der Waals surface area (Å²) in [4.78, 5) is 32.2. The van der Waals surface area contributed by atoms with Gasteiger partial charge in [-0.2, -0.15) is 4.98 Å². The van der Waals surface area contributed by atoms with Crippen molar-refractivity contribution in [2.75, 3.05) is 33.8 Å². The lowest BCUT2D eigenvalue weighted by molar-refractivity contribution is -0.131. The summed E-state index contributed by atoms with van der Waals surface area (Å²) in [6, 6.07) is 4.16. The lowest BCUT2D eigenvalue weighted by atomic mass is 9.98. The average molecular weight is 402 g/mol. The Balaban J connectivity index is 1.28. The Morgan fingerprint density at radius 3 is 2.76 bits per heavy atom. The second-order valence-corrected chi connectivity index (χ2v) is 7.59. The van der Waals surface area contributed by atoms with Gasteiger partial charge in [0, 0.05) is 44.6 Å². The summed E-state index contributed by atoms with van der Waals surface area (Å²) in [5, 5.41) is 3.98.